The van der Waals surface area contributed by atoms with Gasteiger partial charge in [0.25, 0.3) is 0 Å². The molecule has 0 atom stereocenters. The number of nitrogens with zero attached hydrogens (tertiary/aromatic N) is 3. The third kappa shape index (κ3) is 1.92. The zero-order chi connectivity index (χ0) is 12.6. The molecular weight excluding hydrogens is 321 g/mol. The normalized spacial score (nSPS) is 11.8. The number of imidazole rings is 1. The average molecular weight is 328 g/mol. The van der Waals surface area contributed by atoms with Crippen LogP contribution in [-0.4, -0.2) is 41.3 Å². The maximum atomic E-state index is 12.0. The second-order valence-electron chi connectivity index (χ2n) is 3.46. The predicted molar refractivity (Wildman–Crippen MR) is 65.9 cm³/mol. The molecule has 0 unspecified atom stereocenters. The van der Waals surface area contributed by atoms with E-state index in [1.54, 1.807) is 12.1 Å². The van der Waals surface area contributed by atoms with Crippen LogP contribution in [0.25, 0.3) is 11.0 Å². The van der Waals surface area contributed by atoms with Gasteiger partial charge in [0, 0.05) is 0 Å². The summed E-state index contributed by atoms with van der Waals surface area (Å²) >= 11 is -0.197. The molecule has 0 bridgehead atoms. The van der Waals surface area contributed by atoms with E-state index in [1.807, 2.05) is 6.07 Å². The van der Waals surface area contributed by atoms with Gasteiger partial charge in [-0.2, -0.15) is 0 Å². The predicted octanol–water partition coefficient (Wildman–Crippen LogP) is 0.211. The Balaban J connectivity index is 2.05. The molecule has 0 fully saturated rings. The summed E-state index contributed by atoms with van der Waals surface area (Å²) in [6.45, 7) is 0. The van der Waals surface area contributed by atoms with Crippen LogP contribution in [0.15, 0.2) is 35.7 Å². The van der Waals surface area contributed by atoms with Crippen LogP contribution in [0.4, 0.5) is 5.69 Å². The van der Waals surface area contributed by atoms with Gasteiger partial charge in [0.15, 0.2) is 0 Å². The second-order valence-corrected chi connectivity index (χ2v) is 6.22. The molecule has 18 heavy (non-hydrogen) atoms. The van der Waals surface area contributed by atoms with E-state index in [1.165, 1.54) is 12.5 Å². The maximum absolute atomic E-state index is 12.0. The summed E-state index contributed by atoms with van der Waals surface area (Å²) < 4.78 is 34.9. The number of aromatic amines is 1. The van der Waals surface area contributed by atoms with Crippen LogP contribution in [0.3, 0.4) is 0 Å². The number of aromatic nitrogens is 4. The number of hydrogen-bond donors (Lipinski definition) is 2. The molecule has 0 aliphatic carbocycles. The number of benzene rings is 1. The van der Waals surface area contributed by atoms with Gasteiger partial charge in [-0.1, -0.05) is 0 Å². The van der Waals surface area contributed by atoms with Crippen molar-refractivity contribution in [1.82, 2.24) is 17.9 Å². The summed E-state index contributed by atoms with van der Waals surface area (Å²) in [5.74, 6) is 0. The molecule has 0 aliphatic heterocycles. The van der Waals surface area contributed by atoms with Crippen molar-refractivity contribution in [3.05, 3.63) is 30.7 Å². The van der Waals surface area contributed by atoms with E-state index in [0.717, 1.165) is 5.52 Å². The molecule has 0 saturated carbocycles. The Morgan fingerprint density at radius 2 is 2.17 bits per heavy atom. The van der Waals surface area contributed by atoms with Crippen molar-refractivity contribution in [2.45, 2.75) is 5.03 Å². The molecule has 0 radical (unpaired) electrons. The zero-order valence-corrected chi connectivity index (χ0v) is 11.4. The van der Waals surface area contributed by atoms with Crippen molar-refractivity contribution in [1.29, 1.82) is 0 Å². The topological polar surface area (TPSA) is 101 Å². The quantitative estimate of drug-likeness (QED) is 0.670. The third-order valence-corrected chi connectivity index (χ3v) is 4.72. The van der Waals surface area contributed by atoms with Crippen LogP contribution in [-0.2, 0) is 10.0 Å². The monoisotopic (exact) mass is 329 g/mol. The van der Waals surface area contributed by atoms with E-state index in [4.69, 9.17) is 0 Å². The van der Waals surface area contributed by atoms with Crippen LogP contribution in [0.5, 0.6) is 0 Å². The fourth-order valence-electron chi connectivity index (χ4n) is 1.48. The van der Waals surface area contributed by atoms with Gasteiger partial charge in [-0.3, -0.25) is 0 Å². The summed E-state index contributed by atoms with van der Waals surface area (Å²) in [5, 5.41) is 0.0144. The van der Waals surface area contributed by atoms with E-state index in [0.29, 0.717) is 11.2 Å². The van der Waals surface area contributed by atoms with Crippen LogP contribution in [0.1, 0.15) is 0 Å². The van der Waals surface area contributed by atoms with E-state index < -0.39 is 10.0 Å². The molecule has 0 amide bonds. The Morgan fingerprint density at radius 3 is 2.94 bits per heavy atom. The summed E-state index contributed by atoms with van der Waals surface area (Å²) in [4.78, 5) is 6.24. The standard InChI is InChI=1S/C9H7N5O2SSe/c15-17(16,8-4-10-5-11-8)12-6-2-1-3-7-9(6)14-18-13-7/h1-5,12H,(H,10,11). The van der Waals surface area contributed by atoms with Crippen molar-refractivity contribution in [3.8, 4) is 0 Å². The number of rotatable bonds is 3. The zero-order valence-electron chi connectivity index (χ0n) is 8.86. The molecule has 0 saturated heterocycles. The molecular formula is C9H7N5O2SSe. The second kappa shape index (κ2) is 4.20. The first kappa shape index (κ1) is 11.4. The molecule has 2 heterocycles. The van der Waals surface area contributed by atoms with Crippen molar-refractivity contribution in [2.24, 2.45) is 0 Å². The van der Waals surface area contributed by atoms with Crippen molar-refractivity contribution >= 4 is 41.7 Å². The minimum absolute atomic E-state index is 0.0144. The Kier molecular flexibility index (Phi) is 2.66. The van der Waals surface area contributed by atoms with Crippen LogP contribution in [0, 0.1) is 0 Å². The number of anilines is 1. The molecule has 9 heteroatoms. The number of nitrogens with one attached hydrogen (secondary N) is 2. The van der Waals surface area contributed by atoms with Crippen molar-refractivity contribution in [3.63, 3.8) is 0 Å². The molecule has 1 aromatic carbocycles. The summed E-state index contributed by atoms with van der Waals surface area (Å²) in [6, 6.07) is 5.21. The Hall–Kier alpha value is -1.70. The molecule has 92 valence electrons. The molecule has 3 rings (SSSR count). The average Bonchev–Trinajstić information content (AvgIpc) is 3.00. The van der Waals surface area contributed by atoms with Crippen LogP contribution in [0.2, 0.25) is 0 Å². The third-order valence-electron chi connectivity index (χ3n) is 2.29. The SMILES string of the molecule is O=S(=O)(Nc1cccc2n[se]nc12)c1cnc[nH]1. The van der Waals surface area contributed by atoms with Gasteiger partial charge in [0.05, 0.1) is 0 Å². The molecule has 0 aliphatic rings. The van der Waals surface area contributed by atoms with Gasteiger partial charge in [-0.25, -0.2) is 0 Å². The Bertz CT molecular complexity index is 780. The summed E-state index contributed by atoms with van der Waals surface area (Å²) in [5.41, 5.74) is 1.76. The first-order valence-electron chi connectivity index (χ1n) is 4.89. The van der Waals surface area contributed by atoms with E-state index in [-0.39, 0.29) is 20.0 Å². The molecule has 0 spiro atoms. The minimum atomic E-state index is -3.65. The number of hydrogen-bond acceptors (Lipinski definition) is 5. The Morgan fingerprint density at radius 1 is 1.28 bits per heavy atom. The van der Waals surface area contributed by atoms with Gasteiger partial charge in [-0.15, -0.1) is 0 Å². The number of fused-ring (bicyclic) bond motifs is 1. The van der Waals surface area contributed by atoms with Gasteiger partial charge in [-0.05, 0) is 0 Å². The van der Waals surface area contributed by atoms with Crippen molar-refractivity contribution in [2.75, 3.05) is 4.72 Å². The molecule has 2 N–H and O–H groups in total. The van der Waals surface area contributed by atoms with Gasteiger partial charge >= 0.3 is 109 Å². The summed E-state index contributed by atoms with van der Waals surface area (Å²) in [7, 11) is -3.65. The first-order chi connectivity index (χ1) is 8.67. The Labute approximate surface area is 109 Å². The summed E-state index contributed by atoms with van der Waals surface area (Å²) in [6.07, 6.45) is 2.56. The van der Waals surface area contributed by atoms with Gasteiger partial charge in [0.2, 0.25) is 0 Å². The van der Waals surface area contributed by atoms with Crippen LogP contribution >= 0.6 is 0 Å². The van der Waals surface area contributed by atoms with Crippen molar-refractivity contribution < 1.29 is 8.42 Å². The van der Waals surface area contributed by atoms with Gasteiger partial charge in [0.1, 0.15) is 0 Å². The fourth-order valence-corrected chi connectivity index (χ4v) is 3.60. The molecule has 3 aromatic rings. The first-order valence-corrected chi connectivity index (χ1v) is 7.91. The van der Waals surface area contributed by atoms with E-state index >= 15 is 0 Å². The number of sulfonamides is 1. The van der Waals surface area contributed by atoms with E-state index in [2.05, 4.69) is 22.6 Å². The number of H-pyrrole nitrogens is 1. The molecule has 7 nitrogen and oxygen atoms in total. The van der Waals surface area contributed by atoms with E-state index in [9.17, 15) is 8.42 Å². The fraction of sp³-hybridized carbons (Fsp3) is 0. The van der Waals surface area contributed by atoms with Gasteiger partial charge < -0.3 is 0 Å². The molecule has 2 aromatic heterocycles. The van der Waals surface area contributed by atoms with Crippen LogP contribution < -0.4 is 4.72 Å².